The van der Waals surface area contributed by atoms with Crippen LogP contribution in [0.5, 0.6) is 0 Å². The third-order valence-corrected chi connectivity index (χ3v) is 3.24. The Kier molecular flexibility index (Phi) is 5.36. The monoisotopic (exact) mass is 384 g/mol. The first-order chi connectivity index (χ1) is 8.82. The van der Waals surface area contributed by atoms with Gasteiger partial charge in [0.05, 0.1) is 0 Å². The Morgan fingerprint density at radius 3 is 1.10 bits per heavy atom. The molecule has 0 nitrogen and oxygen atoms in total. The SMILES string of the molecule is FC(F)(F)C(Cl)C(Cl)C(F)(F)C(F)(F)C(F)(F)C(F)(F)F. The van der Waals surface area contributed by atoms with E-state index in [4.69, 9.17) is 0 Å². The number of halogens is 14. The largest absolute Gasteiger partial charge is 0.460 e. The molecule has 14 heteroatoms. The van der Waals surface area contributed by atoms with E-state index < -0.39 is 40.9 Å². The van der Waals surface area contributed by atoms with E-state index in [-0.39, 0.29) is 0 Å². The second kappa shape index (κ2) is 5.43. The summed E-state index contributed by atoms with van der Waals surface area (Å²) in [5.41, 5.74) is 0. The zero-order valence-electron chi connectivity index (χ0n) is 8.95. The van der Waals surface area contributed by atoms with Gasteiger partial charge >= 0.3 is 30.1 Å². The van der Waals surface area contributed by atoms with Gasteiger partial charge in [-0.1, -0.05) is 0 Å². The van der Waals surface area contributed by atoms with E-state index in [9.17, 15) is 52.7 Å². The molecule has 0 heterocycles. The van der Waals surface area contributed by atoms with E-state index in [0.29, 0.717) is 0 Å². The van der Waals surface area contributed by atoms with Crippen LogP contribution in [0.2, 0.25) is 0 Å². The Bertz CT molecular complexity index is 369. The van der Waals surface area contributed by atoms with Crippen molar-refractivity contribution >= 4 is 23.2 Å². The summed E-state index contributed by atoms with van der Waals surface area (Å²) < 4.78 is 147. The molecule has 0 aliphatic heterocycles. The lowest BCUT2D eigenvalue weighted by Gasteiger charge is -2.37. The molecule has 0 aliphatic carbocycles. The van der Waals surface area contributed by atoms with Crippen molar-refractivity contribution in [3.8, 4) is 0 Å². The lowest BCUT2D eigenvalue weighted by atomic mass is 9.99. The summed E-state index contributed by atoms with van der Waals surface area (Å²) in [5, 5.41) is -8.27. The molecule has 128 valence electrons. The molecule has 0 radical (unpaired) electrons. The standard InChI is InChI=1S/C7H2Cl2F12/c8-1(2(9)4(12,13)14)3(10,11)5(15,16)6(17,18)7(19,20)21/h1-2H. The minimum absolute atomic E-state index is 4.00. The van der Waals surface area contributed by atoms with Crippen LogP contribution in [-0.4, -0.2) is 40.9 Å². The first kappa shape index (κ1) is 20.7. The minimum atomic E-state index is -7.33. The van der Waals surface area contributed by atoms with Gasteiger partial charge in [-0.15, -0.1) is 23.2 Å². The maximum atomic E-state index is 13.0. The smallest absolute Gasteiger partial charge is 0.198 e. The van der Waals surface area contributed by atoms with Gasteiger partial charge in [0, 0.05) is 0 Å². The fourth-order valence-electron chi connectivity index (χ4n) is 0.910. The lowest BCUT2D eigenvalue weighted by molar-refractivity contribution is -0.396. The van der Waals surface area contributed by atoms with E-state index in [1.807, 2.05) is 0 Å². The molecule has 21 heavy (non-hydrogen) atoms. The van der Waals surface area contributed by atoms with Crippen molar-refractivity contribution < 1.29 is 52.7 Å². The first-order valence-electron chi connectivity index (χ1n) is 4.36. The van der Waals surface area contributed by atoms with Crippen molar-refractivity contribution in [3.05, 3.63) is 0 Å². The zero-order chi connectivity index (χ0) is 17.7. The van der Waals surface area contributed by atoms with Crippen LogP contribution in [0.15, 0.2) is 0 Å². The van der Waals surface area contributed by atoms with Crippen molar-refractivity contribution in [2.45, 2.75) is 40.9 Å². The molecule has 0 saturated carbocycles. The Balaban J connectivity index is 5.79. The van der Waals surface area contributed by atoms with Gasteiger partial charge in [-0.25, -0.2) is 0 Å². The average molecular weight is 385 g/mol. The van der Waals surface area contributed by atoms with Gasteiger partial charge < -0.3 is 0 Å². The quantitative estimate of drug-likeness (QED) is 0.459. The highest BCUT2D eigenvalue weighted by Crippen LogP contribution is 2.56. The molecule has 0 aliphatic rings. The highest BCUT2D eigenvalue weighted by atomic mass is 35.5. The fraction of sp³-hybridized carbons (Fsp3) is 1.00. The third-order valence-electron chi connectivity index (χ3n) is 2.08. The molecule has 0 aromatic rings. The van der Waals surface area contributed by atoms with Crippen LogP contribution in [0.25, 0.3) is 0 Å². The molecule has 0 N–H and O–H groups in total. The van der Waals surface area contributed by atoms with Crippen molar-refractivity contribution in [1.82, 2.24) is 0 Å². The highest BCUT2D eigenvalue weighted by Gasteiger charge is 2.83. The molecule has 0 saturated heterocycles. The number of rotatable bonds is 4. The lowest BCUT2D eigenvalue weighted by Crippen LogP contribution is -2.65. The third kappa shape index (κ3) is 3.40. The topological polar surface area (TPSA) is 0 Å². The van der Waals surface area contributed by atoms with E-state index in [1.54, 1.807) is 0 Å². The Hall–Kier alpha value is -0.260. The molecule has 0 amide bonds. The molecular weight excluding hydrogens is 383 g/mol. The summed E-state index contributed by atoms with van der Waals surface area (Å²) in [6.45, 7) is 0. The van der Waals surface area contributed by atoms with E-state index in [0.717, 1.165) is 0 Å². The average Bonchev–Trinajstić information content (AvgIpc) is 2.23. The van der Waals surface area contributed by atoms with Crippen LogP contribution in [0.4, 0.5) is 52.7 Å². The Morgan fingerprint density at radius 1 is 0.524 bits per heavy atom. The second-order valence-electron chi connectivity index (χ2n) is 3.61. The van der Waals surface area contributed by atoms with Crippen molar-refractivity contribution in [2.24, 2.45) is 0 Å². The maximum absolute atomic E-state index is 13.0. The minimum Gasteiger partial charge on any atom is -0.198 e. The van der Waals surface area contributed by atoms with E-state index in [1.165, 1.54) is 0 Å². The van der Waals surface area contributed by atoms with Gasteiger partial charge in [-0.05, 0) is 0 Å². The number of hydrogen-bond donors (Lipinski definition) is 0. The molecule has 0 rings (SSSR count). The van der Waals surface area contributed by atoms with Gasteiger partial charge in [0.2, 0.25) is 0 Å². The van der Waals surface area contributed by atoms with Gasteiger partial charge in [-0.3, -0.25) is 0 Å². The van der Waals surface area contributed by atoms with E-state index >= 15 is 0 Å². The van der Waals surface area contributed by atoms with Crippen molar-refractivity contribution in [3.63, 3.8) is 0 Å². The van der Waals surface area contributed by atoms with Crippen LogP contribution in [-0.2, 0) is 0 Å². The summed E-state index contributed by atoms with van der Waals surface area (Å²) in [4.78, 5) is 0. The van der Waals surface area contributed by atoms with Crippen LogP contribution < -0.4 is 0 Å². The molecule has 2 atom stereocenters. The van der Waals surface area contributed by atoms with Crippen LogP contribution >= 0.6 is 23.2 Å². The zero-order valence-corrected chi connectivity index (χ0v) is 10.5. The van der Waals surface area contributed by atoms with Crippen molar-refractivity contribution in [2.75, 3.05) is 0 Å². The Labute approximate surface area is 118 Å². The summed E-state index contributed by atoms with van der Waals surface area (Å²) in [7, 11) is 0. The summed E-state index contributed by atoms with van der Waals surface area (Å²) in [6.07, 6.45) is -13.0. The van der Waals surface area contributed by atoms with Gasteiger partial charge in [0.15, 0.2) is 5.38 Å². The highest BCUT2D eigenvalue weighted by molar-refractivity contribution is 6.30. The normalized spacial score (nSPS) is 18.6. The number of hydrogen-bond acceptors (Lipinski definition) is 0. The van der Waals surface area contributed by atoms with Crippen LogP contribution in [0, 0.1) is 0 Å². The predicted molar refractivity (Wildman–Crippen MR) is 46.2 cm³/mol. The Morgan fingerprint density at radius 2 is 0.857 bits per heavy atom. The van der Waals surface area contributed by atoms with Crippen LogP contribution in [0.1, 0.15) is 0 Å². The molecular formula is C7H2Cl2F12. The number of alkyl halides is 14. The maximum Gasteiger partial charge on any atom is 0.460 e. The predicted octanol–water partition coefficient (Wildman–Crippen LogP) is 5.23. The summed E-state index contributed by atoms with van der Waals surface area (Å²) >= 11 is 8.53. The van der Waals surface area contributed by atoms with E-state index in [2.05, 4.69) is 23.2 Å². The van der Waals surface area contributed by atoms with Gasteiger partial charge in [-0.2, -0.15) is 52.7 Å². The van der Waals surface area contributed by atoms with Crippen molar-refractivity contribution in [1.29, 1.82) is 0 Å². The van der Waals surface area contributed by atoms with Crippen LogP contribution in [0.3, 0.4) is 0 Å². The molecule has 0 bridgehead atoms. The second-order valence-corrected chi connectivity index (χ2v) is 4.56. The molecule has 2 unspecified atom stereocenters. The summed E-state index contributed by atoms with van der Waals surface area (Å²) in [6, 6.07) is 0. The summed E-state index contributed by atoms with van der Waals surface area (Å²) in [5.74, 6) is -21.2. The molecule has 0 fully saturated rings. The fourth-order valence-corrected chi connectivity index (χ4v) is 1.35. The molecule has 0 spiro atoms. The van der Waals surface area contributed by atoms with Gasteiger partial charge in [0.1, 0.15) is 5.38 Å². The molecule has 0 aromatic heterocycles. The molecule has 0 aromatic carbocycles. The first-order valence-corrected chi connectivity index (χ1v) is 5.24. The van der Waals surface area contributed by atoms with Gasteiger partial charge in [0.25, 0.3) is 0 Å².